The van der Waals surface area contributed by atoms with Crippen molar-refractivity contribution in [1.82, 2.24) is 0 Å². The van der Waals surface area contributed by atoms with Crippen LogP contribution in [0.3, 0.4) is 0 Å². The molecule has 0 aromatic rings. The molecule has 0 spiro atoms. The lowest BCUT2D eigenvalue weighted by Crippen LogP contribution is -2.58. The molecule has 110 valence electrons. The van der Waals surface area contributed by atoms with E-state index in [1.165, 1.54) is 0 Å². The highest BCUT2D eigenvalue weighted by molar-refractivity contribution is 4.87. The summed E-state index contributed by atoms with van der Waals surface area (Å²) < 4.78 is 4.58. The second-order valence-corrected chi connectivity index (χ2v) is 3.74. The first-order valence-corrected chi connectivity index (χ1v) is 5.27. The Morgan fingerprint density at radius 2 is 1.33 bits per heavy atom. The minimum absolute atomic E-state index is 0.365. The first kappa shape index (κ1) is 17.6. The third kappa shape index (κ3) is 5.10. The highest BCUT2D eigenvalue weighted by Gasteiger charge is 2.42. The molecule has 0 aliphatic carbocycles. The van der Waals surface area contributed by atoms with E-state index in [-0.39, 0.29) is 13.2 Å². The van der Waals surface area contributed by atoms with E-state index in [4.69, 9.17) is 40.9 Å². The summed E-state index contributed by atoms with van der Waals surface area (Å²) in [6, 6.07) is 0. The number of hydrogen-bond donors (Lipinski definition) is 8. The molecule has 1 heterocycles. The van der Waals surface area contributed by atoms with Gasteiger partial charge in [-0.1, -0.05) is 0 Å². The molecular weight excluding hydrogens is 252 g/mol. The fourth-order valence-electron chi connectivity index (χ4n) is 1.14. The molecule has 9 heteroatoms. The lowest BCUT2D eigenvalue weighted by Gasteiger charge is -2.37. The molecule has 1 fully saturated rings. The Bertz CT molecular complexity index is 205. The van der Waals surface area contributed by atoms with Gasteiger partial charge in [0, 0.05) is 0 Å². The Morgan fingerprint density at radius 1 is 0.833 bits per heavy atom. The minimum atomic E-state index is -1.57. The van der Waals surface area contributed by atoms with E-state index in [0.717, 1.165) is 0 Å². The molecular formula is C9H20O9. The molecule has 0 bridgehead atoms. The average molecular weight is 272 g/mol. The van der Waals surface area contributed by atoms with Gasteiger partial charge in [-0.2, -0.15) is 0 Å². The van der Waals surface area contributed by atoms with E-state index in [1.807, 2.05) is 0 Å². The fourth-order valence-corrected chi connectivity index (χ4v) is 1.14. The van der Waals surface area contributed by atoms with Crippen LogP contribution in [0, 0.1) is 0 Å². The van der Waals surface area contributed by atoms with Crippen LogP contribution in [-0.2, 0) is 4.74 Å². The lowest BCUT2D eigenvalue weighted by molar-refractivity contribution is -0.286. The van der Waals surface area contributed by atoms with E-state index in [2.05, 4.69) is 4.74 Å². The fraction of sp³-hybridized carbons (Fsp3) is 1.00. The Labute approximate surface area is 103 Å². The zero-order valence-electron chi connectivity index (χ0n) is 9.57. The Kier molecular flexibility index (Phi) is 8.52. The van der Waals surface area contributed by atoms with Crippen LogP contribution in [0.15, 0.2) is 0 Å². The van der Waals surface area contributed by atoms with E-state index >= 15 is 0 Å². The van der Waals surface area contributed by atoms with Crippen molar-refractivity contribution in [3.05, 3.63) is 0 Å². The normalized spacial score (nSPS) is 36.2. The van der Waals surface area contributed by atoms with E-state index < -0.39 is 43.4 Å². The molecule has 0 saturated carbocycles. The molecule has 0 aromatic heterocycles. The first-order valence-electron chi connectivity index (χ1n) is 5.27. The maximum absolute atomic E-state index is 9.12. The van der Waals surface area contributed by atoms with Crippen molar-refractivity contribution in [2.75, 3.05) is 19.8 Å². The molecule has 1 aliphatic heterocycles. The van der Waals surface area contributed by atoms with Crippen molar-refractivity contribution in [3.63, 3.8) is 0 Å². The molecule has 1 aliphatic rings. The van der Waals surface area contributed by atoms with Crippen LogP contribution in [0.1, 0.15) is 0 Å². The second kappa shape index (κ2) is 8.69. The third-order valence-corrected chi connectivity index (χ3v) is 2.29. The van der Waals surface area contributed by atoms with Crippen LogP contribution in [0.5, 0.6) is 0 Å². The molecule has 0 radical (unpaired) electrons. The van der Waals surface area contributed by atoms with Gasteiger partial charge in [0.2, 0.25) is 0 Å². The molecule has 0 aromatic carbocycles. The predicted molar refractivity (Wildman–Crippen MR) is 56.2 cm³/mol. The van der Waals surface area contributed by atoms with Gasteiger partial charge < -0.3 is 45.6 Å². The summed E-state index contributed by atoms with van der Waals surface area (Å²) in [5.41, 5.74) is 0. The maximum Gasteiger partial charge on any atom is 0.184 e. The first-order chi connectivity index (χ1) is 8.38. The highest BCUT2D eigenvalue weighted by Crippen LogP contribution is 2.18. The Morgan fingerprint density at radius 3 is 1.67 bits per heavy atom. The van der Waals surface area contributed by atoms with Crippen LogP contribution >= 0.6 is 0 Å². The number of aliphatic hydroxyl groups excluding tert-OH is 8. The largest absolute Gasteiger partial charge is 0.394 e. The van der Waals surface area contributed by atoms with Crippen LogP contribution in [0.4, 0.5) is 0 Å². The van der Waals surface area contributed by atoms with E-state index in [9.17, 15) is 0 Å². The van der Waals surface area contributed by atoms with Crippen LogP contribution < -0.4 is 0 Å². The van der Waals surface area contributed by atoms with Gasteiger partial charge >= 0.3 is 0 Å². The number of ether oxygens (including phenoxy) is 1. The van der Waals surface area contributed by atoms with Crippen molar-refractivity contribution in [2.24, 2.45) is 0 Å². The maximum atomic E-state index is 9.12. The van der Waals surface area contributed by atoms with E-state index in [0.29, 0.717) is 0 Å². The topological polar surface area (TPSA) is 171 Å². The van der Waals surface area contributed by atoms with Crippen LogP contribution in [-0.4, -0.2) is 97.5 Å². The van der Waals surface area contributed by atoms with Crippen LogP contribution in [0.2, 0.25) is 0 Å². The molecule has 1 rings (SSSR count). The standard InChI is InChI=1S/C6H12O6.C3H8O3/c7-1-2-3(8)4(9)5(10)6(11)12-2;4-1-3(6)2-5/h2-11H,1H2;3-6H,1-2H2/t2-,3-,4+,5-,6?;/m1./s1. The van der Waals surface area contributed by atoms with Crippen molar-refractivity contribution < 1.29 is 45.6 Å². The second-order valence-electron chi connectivity index (χ2n) is 3.74. The van der Waals surface area contributed by atoms with E-state index in [1.54, 1.807) is 0 Å². The van der Waals surface area contributed by atoms with Crippen molar-refractivity contribution >= 4 is 0 Å². The third-order valence-electron chi connectivity index (χ3n) is 2.29. The van der Waals surface area contributed by atoms with Gasteiger partial charge in [-0.05, 0) is 0 Å². The zero-order chi connectivity index (χ0) is 14.3. The molecule has 5 atom stereocenters. The molecule has 1 saturated heterocycles. The van der Waals surface area contributed by atoms with Gasteiger partial charge in [-0.3, -0.25) is 0 Å². The SMILES string of the molecule is OCC(O)CO.OC[C@H]1OC(O)[C@H](O)[C@@H](O)[C@@H]1O. The Hall–Kier alpha value is -0.360. The van der Waals surface area contributed by atoms with Gasteiger partial charge in [-0.15, -0.1) is 0 Å². The summed E-state index contributed by atoms with van der Waals surface area (Å²) in [5, 5.41) is 68.7. The smallest absolute Gasteiger partial charge is 0.184 e. The van der Waals surface area contributed by atoms with Crippen molar-refractivity contribution in [3.8, 4) is 0 Å². The average Bonchev–Trinajstić information content (AvgIpc) is 2.40. The van der Waals surface area contributed by atoms with Gasteiger partial charge in [-0.25, -0.2) is 0 Å². The summed E-state index contributed by atoms with van der Waals surface area (Å²) in [6.07, 6.45) is -7.99. The lowest BCUT2D eigenvalue weighted by atomic mass is 10.00. The van der Waals surface area contributed by atoms with Crippen LogP contribution in [0.25, 0.3) is 0 Å². The number of aliphatic hydroxyl groups is 8. The summed E-state index contributed by atoms with van der Waals surface area (Å²) >= 11 is 0. The quantitative estimate of drug-likeness (QED) is 0.251. The monoisotopic (exact) mass is 272 g/mol. The zero-order valence-corrected chi connectivity index (χ0v) is 9.57. The van der Waals surface area contributed by atoms with Crippen molar-refractivity contribution in [1.29, 1.82) is 0 Å². The van der Waals surface area contributed by atoms with Crippen molar-refractivity contribution in [2.45, 2.75) is 36.8 Å². The van der Waals surface area contributed by atoms with Gasteiger partial charge in [0.1, 0.15) is 30.5 Å². The number of hydrogen-bond acceptors (Lipinski definition) is 9. The van der Waals surface area contributed by atoms with Gasteiger partial charge in [0.05, 0.1) is 19.8 Å². The summed E-state index contributed by atoms with van der Waals surface area (Å²) in [5.74, 6) is 0. The molecule has 1 unspecified atom stereocenters. The molecule has 0 amide bonds. The molecule has 9 nitrogen and oxygen atoms in total. The summed E-state index contributed by atoms with van der Waals surface area (Å²) in [6.45, 7) is -1.25. The highest BCUT2D eigenvalue weighted by atomic mass is 16.6. The Balaban J connectivity index is 0.000000411. The summed E-state index contributed by atoms with van der Waals surface area (Å²) in [7, 11) is 0. The number of rotatable bonds is 3. The molecule has 8 N–H and O–H groups in total. The van der Waals surface area contributed by atoms with Gasteiger partial charge in [0.25, 0.3) is 0 Å². The summed E-state index contributed by atoms with van der Waals surface area (Å²) in [4.78, 5) is 0. The predicted octanol–water partition coefficient (Wildman–Crippen LogP) is -4.89. The van der Waals surface area contributed by atoms with Gasteiger partial charge in [0.15, 0.2) is 6.29 Å². The minimum Gasteiger partial charge on any atom is -0.394 e. The molecule has 18 heavy (non-hydrogen) atoms.